The van der Waals surface area contributed by atoms with E-state index in [1.807, 2.05) is 19.1 Å². The third kappa shape index (κ3) is 3.65. The molecule has 0 atom stereocenters. The van der Waals surface area contributed by atoms with E-state index in [2.05, 4.69) is 26.5 Å². The number of aromatic hydroxyl groups is 1. The lowest BCUT2D eigenvalue weighted by molar-refractivity contribution is 0.0954. The number of benzene rings is 2. The smallest absolute Gasteiger partial charge is 0.271 e. The summed E-state index contributed by atoms with van der Waals surface area (Å²) < 4.78 is 5.60. The van der Waals surface area contributed by atoms with E-state index < -0.39 is 0 Å². The Morgan fingerprint density at radius 1 is 1.36 bits per heavy atom. The second-order valence-corrected chi connectivity index (χ2v) is 5.42. The number of hydrogen-bond acceptors (Lipinski definition) is 4. The number of ether oxygens (including phenoxy) is 1. The molecule has 22 heavy (non-hydrogen) atoms. The zero-order valence-corrected chi connectivity index (χ0v) is 13.7. The Bertz CT molecular complexity index is 729. The first-order chi connectivity index (χ1) is 10.5. The highest BCUT2D eigenvalue weighted by Crippen LogP contribution is 2.31. The van der Waals surface area contributed by atoms with E-state index in [0.29, 0.717) is 21.3 Å². The number of methoxy groups -OCH3 is 1. The largest absolute Gasteiger partial charge is 0.506 e. The van der Waals surface area contributed by atoms with Crippen molar-refractivity contribution in [3.8, 4) is 11.5 Å². The van der Waals surface area contributed by atoms with Crippen LogP contribution < -0.4 is 10.2 Å². The van der Waals surface area contributed by atoms with Crippen molar-refractivity contribution in [2.75, 3.05) is 7.11 Å². The summed E-state index contributed by atoms with van der Waals surface area (Å²) >= 11 is 3.23. The molecule has 0 unspecified atom stereocenters. The van der Waals surface area contributed by atoms with Crippen LogP contribution in [0.1, 0.15) is 21.5 Å². The van der Waals surface area contributed by atoms with Crippen molar-refractivity contribution in [1.82, 2.24) is 5.43 Å². The summed E-state index contributed by atoms with van der Waals surface area (Å²) in [5.41, 5.74) is 4.28. The maximum atomic E-state index is 12.0. The normalized spacial score (nSPS) is 10.7. The first-order valence-corrected chi connectivity index (χ1v) is 7.27. The number of phenols is 1. The molecule has 5 nitrogen and oxygen atoms in total. The summed E-state index contributed by atoms with van der Waals surface area (Å²) in [6.45, 7) is 1.85. The summed E-state index contributed by atoms with van der Waals surface area (Å²) in [4.78, 5) is 12.0. The molecule has 6 heteroatoms. The van der Waals surface area contributed by atoms with Crippen LogP contribution in [0.4, 0.5) is 0 Å². The molecule has 0 saturated heterocycles. The molecule has 0 aliphatic rings. The summed E-state index contributed by atoms with van der Waals surface area (Å²) in [7, 11) is 1.53. The predicted octanol–water partition coefficient (Wildman–Crippen LogP) is 3.24. The Morgan fingerprint density at radius 3 is 2.77 bits per heavy atom. The maximum Gasteiger partial charge on any atom is 0.271 e. The number of amides is 1. The lowest BCUT2D eigenvalue weighted by atomic mass is 10.1. The van der Waals surface area contributed by atoms with Crippen molar-refractivity contribution in [3.63, 3.8) is 0 Å². The number of carbonyl (C=O) groups excluding carboxylic acids is 1. The minimum Gasteiger partial charge on any atom is -0.506 e. The number of halogens is 1. The van der Waals surface area contributed by atoms with Gasteiger partial charge in [0.25, 0.3) is 5.91 Å². The molecular weight excluding hydrogens is 348 g/mol. The van der Waals surface area contributed by atoms with Gasteiger partial charge in [0.05, 0.1) is 17.8 Å². The number of aryl methyl sites for hydroxylation is 1. The molecule has 0 radical (unpaired) electrons. The van der Waals surface area contributed by atoms with Crippen LogP contribution in [-0.2, 0) is 0 Å². The summed E-state index contributed by atoms with van der Waals surface area (Å²) in [5, 5.41) is 13.8. The number of hydrogen-bond donors (Lipinski definition) is 2. The molecule has 0 heterocycles. The Balaban J connectivity index is 2.15. The lowest BCUT2D eigenvalue weighted by Gasteiger charge is -2.06. The van der Waals surface area contributed by atoms with Gasteiger partial charge >= 0.3 is 0 Å². The number of nitrogens with zero attached hydrogens (tertiary/aromatic N) is 1. The van der Waals surface area contributed by atoms with Gasteiger partial charge in [-0.3, -0.25) is 4.79 Å². The zero-order valence-electron chi connectivity index (χ0n) is 12.1. The molecule has 2 rings (SSSR count). The van der Waals surface area contributed by atoms with Gasteiger partial charge in [-0.2, -0.15) is 5.10 Å². The SMILES string of the molecule is COc1cc(Br)c(O)c(/C=N/NC(=O)c2ccccc2C)c1. The van der Waals surface area contributed by atoms with Gasteiger partial charge in [-0.05, 0) is 46.6 Å². The molecule has 2 aromatic carbocycles. The number of phenolic OH excluding ortho intramolecular Hbond substituents is 1. The van der Waals surface area contributed by atoms with Crippen molar-refractivity contribution in [2.45, 2.75) is 6.92 Å². The van der Waals surface area contributed by atoms with E-state index in [9.17, 15) is 9.90 Å². The quantitative estimate of drug-likeness (QED) is 0.647. The van der Waals surface area contributed by atoms with Crippen molar-refractivity contribution in [2.24, 2.45) is 5.10 Å². The van der Waals surface area contributed by atoms with Gasteiger partial charge in [-0.25, -0.2) is 5.43 Å². The summed E-state index contributed by atoms with van der Waals surface area (Å²) in [6.07, 6.45) is 1.36. The van der Waals surface area contributed by atoms with E-state index in [-0.39, 0.29) is 11.7 Å². The fourth-order valence-electron chi connectivity index (χ4n) is 1.86. The lowest BCUT2D eigenvalue weighted by Crippen LogP contribution is -2.18. The summed E-state index contributed by atoms with van der Waals surface area (Å²) in [5.74, 6) is 0.279. The molecule has 0 aromatic heterocycles. The second-order valence-electron chi connectivity index (χ2n) is 4.56. The monoisotopic (exact) mass is 362 g/mol. The third-order valence-corrected chi connectivity index (χ3v) is 3.67. The van der Waals surface area contributed by atoms with Crippen LogP contribution in [0.3, 0.4) is 0 Å². The van der Waals surface area contributed by atoms with Crippen LogP contribution in [0.2, 0.25) is 0 Å². The number of carbonyl (C=O) groups is 1. The molecule has 0 aliphatic heterocycles. The molecule has 2 aromatic rings. The molecule has 0 spiro atoms. The van der Waals surface area contributed by atoms with Gasteiger partial charge in [0, 0.05) is 11.1 Å². The van der Waals surface area contributed by atoms with Crippen LogP contribution in [0.15, 0.2) is 46.0 Å². The molecule has 0 saturated carbocycles. The van der Waals surface area contributed by atoms with Crippen LogP contribution >= 0.6 is 15.9 Å². The van der Waals surface area contributed by atoms with E-state index in [1.165, 1.54) is 13.3 Å². The highest BCUT2D eigenvalue weighted by molar-refractivity contribution is 9.10. The Kier molecular flexibility index (Phi) is 5.16. The molecule has 0 fully saturated rings. The molecule has 0 bridgehead atoms. The molecule has 2 N–H and O–H groups in total. The average Bonchev–Trinajstić information content (AvgIpc) is 2.51. The topological polar surface area (TPSA) is 70.9 Å². The minimum atomic E-state index is -0.309. The van der Waals surface area contributed by atoms with Gasteiger partial charge in [-0.15, -0.1) is 0 Å². The van der Waals surface area contributed by atoms with E-state index in [0.717, 1.165) is 5.56 Å². The summed E-state index contributed by atoms with van der Waals surface area (Å²) in [6, 6.07) is 10.5. The zero-order chi connectivity index (χ0) is 16.1. The van der Waals surface area contributed by atoms with Crippen LogP contribution in [0.25, 0.3) is 0 Å². The van der Waals surface area contributed by atoms with Gasteiger partial charge < -0.3 is 9.84 Å². The highest BCUT2D eigenvalue weighted by Gasteiger charge is 2.08. The van der Waals surface area contributed by atoms with E-state index in [1.54, 1.807) is 24.3 Å². The van der Waals surface area contributed by atoms with Crippen LogP contribution in [0.5, 0.6) is 11.5 Å². The van der Waals surface area contributed by atoms with E-state index >= 15 is 0 Å². The Morgan fingerprint density at radius 2 is 2.09 bits per heavy atom. The Hall–Kier alpha value is -2.34. The van der Waals surface area contributed by atoms with Gasteiger partial charge in [0.2, 0.25) is 0 Å². The number of nitrogens with one attached hydrogen (secondary N) is 1. The van der Waals surface area contributed by atoms with E-state index in [4.69, 9.17) is 4.74 Å². The Labute approximate surface area is 136 Å². The van der Waals surface area contributed by atoms with Gasteiger partial charge in [-0.1, -0.05) is 18.2 Å². The third-order valence-electron chi connectivity index (χ3n) is 3.06. The molecule has 1 amide bonds. The van der Waals surface area contributed by atoms with Crippen molar-refractivity contribution in [3.05, 3.63) is 57.6 Å². The van der Waals surface area contributed by atoms with Crippen molar-refractivity contribution in [1.29, 1.82) is 0 Å². The van der Waals surface area contributed by atoms with Crippen LogP contribution in [-0.4, -0.2) is 24.3 Å². The van der Waals surface area contributed by atoms with Crippen molar-refractivity contribution < 1.29 is 14.6 Å². The number of hydrazone groups is 1. The first-order valence-electron chi connectivity index (χ1n) is 6.48. The first kappa shape index (κ1) is 16.0. The highest BCUT2D eigenvalue weighted by atomic mass is 79.9. The standard InChI is InChI=1S/C16H15BrN2O3/c1-10-5-3-4-6-13(10)16(21)19-18-9-11-7-12(22-2)8-14(17)15(11)20/h3-9,20H,1-2H3,(H,19,21)/b18-9+. The van der Waals surface area contributed by atoms with Crippen LogP contribution in [0, 0.1) is 6.92 Å². The predicted molar refractivity (Wildman–Crippen MR) is 88.6 cm³/mol. The fourth-order valence-corrected chi connectivity index (χ4v) is 2.31. The number of rotatable bonds is 4. The minimum absolute atomic E-state index is 0.0229. The maximum absolute atomic E-state index is 12.0. The molecule has 0 aliphatic carbocycles. The fraction of sp³-hybridized carbons (Fsp3) is 0.125. The van der Waals surface area contributed by atoms with Crippen molar-refractivity contribution >= 4 is 28.1 Å². The molecule has 114 valence electrons. The second kappa shape index (κ2) is 7.09. The van der Waals surface area contributed by atoms with Gasteiger partial charge in [0.15, 0.2) is 0 Å². The average molecular weight is 363 g/mol. The van der Waals surface area contributed by atoms with Gasteiger partial charge in [0.1, 0.15) is 11.5 Å². The molecular formula is C16H15BrN2O3.